The van der Waals surface area contributed by atoms with Gasteiger partial charge in [-0.25, -0.2) is 0 Å². The predicted octanol–water partition coefficient (Wildman–Crippen LogP) is 3.63. The van der Waals surface area contributed by atoms with Crippen molar-refractivity contribution in [3.63, 3.8) is 0 Å². The van der Waals surface area contributed by atoms with Gasteiger partial charge in [-0.3, -0.25) is 0 Å². The van der Waals surface area contributed by atoms with Crippen molar-refractivity contribution >= 4 is 0 Å². The van der Waals surface area contributed by atoms with Gasteiger partial charge >= 0.3 is 0 Å². The molecule has 0 N–H and O–H groups in total. The molecule has 1 aliphatic rings. The highest BCUT2D eigenvalue weighted by molar-refractivity contribution is 4.90. The lowest BCUT2D eigenvalue weighted by Crippen LogP contribution is -2.24. The van der Waals surface area contributed by atoms with Crippen molar-refractivity contribution in [2.75, 3.05) is 0 Å². The van der Waals surface area contributed by atoms with Gasteiger partial charge in [-0.05, 0) is 24.2 Å². The van der Waals surface area contributed by atoms with Crippen LogP contribution in [0.4, 0.5) is 0 Å². The van der Waals surface area contributed by atoms with Gasteiger partial charge in [0.05, 0.1) is 0 Å². The minimum absolute atomic E-state index is 0.800. The molecule has 0 radical (unpaired) electrons. The van der Waals surface area contributed by atoms with E-state index in [0.717, 1.165) is 17.8 Å². The van der Waals surface area contributed by atoms with E-state index >= 15 is 0 Å². The third-order valence-electron chi connectivity index (χ3n) is 3.23. The van der Waals surface area contributed by atoms with Crippen molar-refractivity contribution in [3.05, 3.63) is 12.7 Å². The van der Waals surface area contributed by atoms with E-state index in [-0.39, 0.29) is 0 Å². The average Bonchev–Trinajstić information content (AvgIpc) is 2.04. The Morgan fingerprint density at radius 2 is 2.18 bits per heavy atom. The van der Waals surface area contributed by atoms with Gasteiger partial charge in [0.25, 0.3) is 0 Å². The Kier molecular flexibility index (Phi) is 3.16. The fraction of sp³-hybridized carbons (Fsp3) is 0.818. The normalized spacial score (nSPS) is 38.5. The van der Waals surface area contributed by atoms with Crippen LogP contribution in [-0.4, -0.2) is 0 Å². The highest BCUT2D eigenvalue weighted by atomic mass is 14.3. The predicted molar refractivity (Wildman–Crippen MR) is 50.5 cm³/mol. The Bertz CT molecular complexity index is 126. The van der Waals surface area contributed by atoms with Gasteiger partial charge in [-0.2, -0.15) is 0 Å². The van der Waals surface area contributed by atoms with Crippen LogP contribution in [0.2, 0.25) is 0 Å². The van der Waals surface area contributed by atoms with E-state index < -0.39 is 0 Å². The Hall–Kier alpha value is -0.260. The van der Waals surface area contributed by atoms with Crippen molar-refractivity contribution < 1.29 is 0 Å². The third-order valence-corrected chi connectivity index (χ3v) is 3.23. The first-order valence-electron chi connectivity index (χ1n) is 4.92. The zero-order chi connectivity index (χ0) is 8.27. The summed E-state index contributed by atoms with van der Waals surface area (Å²) < 4.78 is 0. The summed E-state index contributed by atoms with van der Waals surface area (Å²) in [5.74, 6) is 2.61. The lowest BCUT2D eigenvalue weighted by Gasteiger charge is -2.33. The van der Waals surface area contributed by atoms with Crippen molar-refractivity contribution in [3.8, 4) is 0 Å². The van der Waals surface area contributed by atoms with Crippen LogP contribution >= 0.6 is 0 Å². The second-order valence-corrected chi connectivity index (χ2v) is 3.89. The molecule has 11 heavy (non-hydrogen) atoms. The lowest BCUT2D eigenvalue weighted by molar-refractivity contribution is 0.204. The van der Waals surface area contributed by atoms with Crippen molar-refractivity contribution in [1.82, 2.24) is 0 Å². The molecule has 0 aromatic rings. The summed E-state index contributed by atoms with van der Waals surface area (Å²) >= 11 is 0. The standard InChI is InChI=1S/C11H20/c1-4-10-8-6-7-9(3)11(10)5-2/h5,9-11H,2,4,6-8H2,1,3H3/t9?,10?,11-/m0/s1. The third kappa shape index (κ3) is 1.85. The Morgan fingerprint density at radius 1 is 1.45 bits per heavy atom. The minimum atomic E-state index is 0.800. The second-order valence-electron chi connectivity index (χ2n) is 3.89. The van der Waals surface area contributed by atoms with E-state index in [2.05, 4.69) is 26.5 Å². The van der Waals surface area contributed by atoms with Crippen molar-refractivity contribution in [1.29, 1.82) is 0 Å². The molecule has 0 nitrogen and oxygen atoms in total. The van der Waals surface area contributed by atoms with Gasteiger partial charge in [0.15, 0.2) is 0 Å². The number of hydrogen-bond acceptors (Lipinski definition) is 0. The molecule has 64 valence electrons. The van der Waals surface area contributed by atoms with Gasteiger partial charge in [-0.1, -0.05) is 39.2 Å². The van der Waals surface area contributed by atoms with E-state index in [1.54, 1.807) is 0 Å². The molecule has 1 saturated carbocycles. The van der Waals surface area contributed by atoms with E-state index in [9.17, 15) is 0 Å². The number of rotatable bonds is 2. The van der Waals surface area contributed by atoms with E-state index in [0.29, 0.717) is 0 Å². The molecule has 0 aromatic carbocycles. The summed E-state index contributed by atoms with van der Waals surface area (Å²) in [6.45, 7) is 8.61. The molecular formula is C11H20. The summed E-state index contributed by atoms with van der Waals surface area (Å²) in [6, 6.07) is 0. The molecule has 1 aliphatic carbocycles. The zero-order valence-corrected chi connectivity index (χ0v) is 7.84. The zero-order valence-electron chi connectivity index (χ0n) is 7.84. The van der Waals surface area contributed by atoms with Crippen LogP contribution in [0.15, 0.2) is 12.7 Å². The van der Waals surface area contributed by atoms with Crippen LogP contribution in [0.1, 0.15) is 39.5 Å². The van der Waals surface area contributed by atoms with Gasteiger partial charge < -0.3 is 0 Å². The quantitative estimate of drug-likeness (QED) is 0.530. The SMILES string of the molecule is C=C[C@H]1C(C)CCCC1CC. The monoisotopic (exact) mass is 152 g/mol. The first kappa shape index (κ1) is 8.83. The van der Waals surface area contributed by atoms with Crippen LogP contribution in [-0.2, 0) is 0 Å². The molecule has 0 heterocycles. The highest BCUT2D eigenvalue weighted by Crippen LogP contribution is 2.36. The molecule has 3 atom stereocenters. The van der Waals surface area contributed by atoms with E-state index in [1.165, 1.54) is 25.7 Å². The average molecular weight is 152 g/mol. The van der Waals surface area contributed by atoms with E-state index in [4.69, 9.17) is 0 Å². The Balaban J connectivity index is 2.55. The fourth-order valence-electron chi connectivity index (χ4n) is 2.45. The molecule has 0 aromatic heterocycles. The van der Waals surface area contributed by atoms with Crippen LogP contribution in [0.5, 0.6) is 0 Å². The van der Waals surface area contributed by atoms with Crippen LogP contribution in [0.25, 0.3) is 0 Å². The summed E-state index contributed by atoms with van der Waals surface area (Å²) in [4.78, 5) is 0. The maximum Gasteiger partial charge on any atom is -0.0182 e. The van der Waals surface area contributed by atoms with Crippen molar-refractivity contribution in [2.24, 2.45) is 17.8 Å². The molecule has 0 saturated heterocycles. The Labute approximate surface area is 70.7 Å². The minimum Gasteiger partial charge on any atom is -0.103 e. The molecule has 2 unspecified atom stereocenters. The van der Waals surface area contributed by atoms with Gasteiger partial charge in [0, 0.05) is 0 Å². The number of allylic oxidation sites excluding steroid dienone is 1. The van der Waals surface area contributed by atoms with Gasteiger partial charge in [0.1, 0.15) is 0 Å². The second kappa shape index (κ2) is 3.94. The van der Waals surface area contributed by atoms with Crippen LogP contribution in [0, 0.1) is 17.8 Å². The van der Waals surface area contributed by atoms with Gasteiger partial charge in [-0.15, -0.1) is 6.58 Å². The topological polar surface area (TPSA) is 0 Å². The summed E-state index contributed by atoms with van der Waals surface area (Å²) in [5.41, 5.74) is 0. The molecule has 0 spiro atoms. The van der Waals surface area contributed by atoms with Crippen LogP contribution in [0.3, 0.4) is 0 Å². The largest absolute Gasteiger partial charge is 0.103 e. The van der Waals surface area contributed by atoms with Crippen molar-refractivity contribution in [2.45, 2.75) is 39.5 Å². The summed E-state index contributed by atoms with van der Waals surface area (Å²) in [6.07, 6.45) is 7.79. The summed E-state index contributed by atoms with van der Waals surface area (Å²) in [5, 5.41) is 0. The lowest BCUT2D eigenvalue weighted by atomic mass is 9.72. The molecular weight excluding hydrogens is 132 g/mol. The molecule has 0 heteroatoms. The number of hydrogen-bond donors (Lipinski definition) is 0. The molecule has 1 rings (SSSR count). The smallest absolute Gasteiger partial charge is 0.0182 e. The Morgan fingerprint density at radius 3 is 2.64 bits per heavy atom. The van der Waals surface area contributed by atoms with Gasteiger partial charge in [0.2, 0.25) is 0 Å². The first-order valence-corrected chi connectivity index (χ1v) is 4.92. The molecule has 1 fully saturated rings. The maximum absolute atomic E-state index is 3.93. The first-order chi connectivity index (χ1) is 5.29. The van der Waals surface area contributed by atoms with Crippen LogP contribution < -0.4 is 0 Å². The highest BCUT2D eigenvalue weighted by Gasteiger charge is 2.26. The van der Waals surface area contributed by atoms with E-state index in [1.807, 2.05) is 0 Å². The molecule has 0 amide bonds. The summed E-state index contributed by atoms with van der Waals surface area (Å²) in [7, 11) is 0. The molecule has 0 aliphatic heterocycles. The maximum atomic E-state index is 3.93. The fourth-order valence-corrected chi connectivity index (χ4v) is 2.45. The molecule has 0 bridgehead atoms.